The van der Waals surface area contributed by atoms with Crippen molar-refractivity contribution >= 4 is 16.7 Å². The Morgan fingerprint density at radius 1 is 0.933 bits per heavy atom. The first-order valence-electron chi connectivity index (χ1n) is 11.4. The predicted octanol–water partition coefficient (Wildman–Crippen LogP) is 5.74. The number of nitrogens with one attached hydrogen (secondary N) is 1. The fourth-order valence-electron chi connectivity index (χ4n) is 3.65. The largest absolute Gasteiger partial charge is 0.493 e. The van der Waals surface area contributed by atoms with Crippen LogP contribution < -0.4 is 10.1 Å². The molecule has 2 aromatic carbocycles. The van der Waals surface area contributed by atoms with E-state index in [0.29, 0.717) is 0 Å². The molecule has 0 amide bonds. The van der Waals surface area contributed by atoms with Crippen molar-refractivity contribution in [3.63, 3.8) is 0 Å². The number of anilines is 1. The monoisotopic (exact) mass is 408 g/mol. The topological polar surface area (TPSA) is 42.3 Å². The third-order valence-electron chi connectivity index (χ3n) is 5.50. The zero-order valence-electron chi connectivity index (χ0n) is 18.7. The molecule has 0 spiro atoms. The summed E-state index contributed by atoms with van der Waals surface area (Å²) in [7, 11) is 1.93. The minimum atomic E-state index is 0.743. The van der Waals surface area contributed by atoms with E-state index in [-0.39, 0.29) is 0 Å². The fraction of sp³-hybridized carbons (Fsp3) is 0.480. The quantitative estimate of drug-likeness (QED) is 0.366. The van der Waals surface area contributed by atoms with Crippen LogP contribution in [0.5, 0.6) is 5.75 Å². The molecule has 162 valence electrons. The van der Waals surface area contributed by atoms with E-state index in [1.165, 1.54) is 38.8 Å². The maximum atomic E-state index is 6.03. The van der Waals surface area contributed by atoms with Crippen molar-refractivity contribution < 1.29 is 4.74 Å². The van der Waals surface area contributed by atoms with E-state index in [9.17, 15) is 0 Å². The summed E-state index contributed by atoms with van der Waals surface area (Å²) in [6.45, 7) is 8.78. The zero-order valence-corrected chi connectivity index (χ0v) is 18.7. The minimum absolute atomic E-state index is 0.743. The number of rotatable bonds is 13. The van der Waals surface area contributed by atoms with Gasteiger partial charge in [-0.3, -0.25) is 4.57 Å². The van der Waals surface area contributed by atoms with Crippen LogP contribution in [0.15, 0.2) is 48.8 Å². The Morgan fingerprint density at radius 3 is 2.30 bits per heavy atom. The lowest BCUT2D eigenvalue weighted by atomic mass is 10.2. The molecule has 30 heavy (non-hydrogen) atoms. The zero-order chi connectivity index (χ0) is 21.2. The van der Waals surface area contributed by atoms with Gasteiger partial charge in [0.15, 0.2) is 0 Å². The van der Waals surface area contributed by atoms with E-state index in [4.69, 9.17) is 4.74 Å². The number of fused-ring (bicyclic) bond motifs is 1. The predicted molar refractivity (Wildman–Crippen MR) is 127 cm³/mol. The molecule has 3 aromatic rings. The van der Waals surface area contributed by atoms with Gasteiger partial charge in [-0.05, 0) is 68.8 Å². The van der Waals surface area contributed by atoms with Gasteiger partial charge in [0.1, 0.15) is 12.1 Å². The highest BCUT2D eigenvalue weighted by Gasteiger charge is 2.07. The molecule has 0 saturated heterocycles. The number of aromatic nitrogens is 2. The number of benzene rings is 2. The van der Waals surface area contributed by atoms with Crippen LogP contribution in [0, 0.1) is 0 Å². The Kier molecular flexibility index (Phi) is 8.57. The van der Waals surface area contributed by atoms with Gasteiger partial charge in [-0.2, -0.15) is 0 Å². The van der Waals surface area contributed by atoms with Gasteiger partial charge in [-0.25, -0.2) is 4.98 Å². The Hall–Kier alpha value is -2.53. The van der Waals surface area contributed by atoms with E-state index >= 15 is 0 Å². The lowest BCUT2D eigenvalue weighted by molar-refractivity contribution is 0.229. The van der Waals surface area contributed by atoms with Crippen LogP contribution in [0.1, 0.15) is 46.0 Å². The second-order valence-corrected chi connectivity index (χ2v) is 7.81. The van der Waals surface area contributed by atoms with Crippen molar-refractivity contribution in [1.82, 2.24) is 14.5 Å². The van der Waals surface area contributed by atoms with Gasteiger partial charge >= 0.3 is 0 Å². The normalized spacial score (nSPS) is 11.3. The van der Waals surface area contributed by atoms with Gasteiger partial charge in [-0.15, -0.1) is 0 Å². The van der Waals surface area contributed by atoms with E-state index in [2.05, 4.69) is 70.0 Å². The van der Waals surface area contributed by atoms with Gasteiger partial charge in [0.05, 0.1) is 17.6 Å². The summed E-state index contributed by atoms with van der Waals surface area (Å²) in [5.41, 5.74) is 4.24. The second kappa shape index (κ2) is 11.6. The first kappa shape index (κ1) is 22.2. The summed E-state index contributed by atoms with van der Waals surface area (Å²) >= 11 is 0. The average Bonchev–Trinajstić information content (AvgIpc) is 3.21. The number of unbranched alkanes of at least 4 members (excludes halogenated alkanes) is 2. The van der Waals surface area contributed by atoms with Gasteiger partial charge in [-0.1, -0.05) is 26.7 Å². The third-order valence-corrected chi connectivity index (χ3v) is 5.50. The molecule has 0 aliphatic rings. The molecule has 0 saturated carbocycles. The summed E-state index contributed by atoms with van der Waals surface area (Å²) in [5.74, 6) is 0.895. The molecule has 5 heteroatoms. The molecule has 0 bridgehead atoms. The first-order valence-corrected chi connectivity index (χ1v) is 11.4. The van der Waals surface area contributed by atoms with E-state index in [0.717, 1.165) is 47.7 Å². The number of imidazole rings is 1. The molecule has 1 heterocycles. The Bertz CT molecular complexity index is 880. The van der Waals surface area contributed by atoms with Crippen molar-refractivity contribution in [2.75, 3.05) is 38.6 Å². The number of ether oxygens (including phenoxy) is 1. The standard InChI is InChI=1S/C25H36N4O/c1-4-6-15-28(16-7-5-2)17-8-18-30-23-13-14-25-24(19-23)27-20-29(25)22-11-9-21(26-3)10-12-22/h9-14,19-20,26H,4-8,15-18H2,1-3H3. The highest BCUT2D eigenvalue weighted by molar-refractivity contribution is 5.79. The smallest absolute Gasteiger partial charge is 0.121 e. The SMILES string of the molecule is CCCCN(CCCC)CCCOc1ccc2c(c1)ncn2-c1ccc(NC)cc1. The highest BCUT2D eigenvalue weighted by atomic mass is 16.5. The van der Waals surface area contributed by atoms with Crippen LogP contribution in [-0.4, -0.2) is 47.7 Å². The maximum Gasteiger partial charge on any atom is 0.121 e. The Morgan fingerprint density at radius 2 is 1.63 bits per heavy atom. The summed E-state index contributed by atoms with van der Waals surface area (Å²) < 4.78 is 8.14. The number of nitrogens with zero attached hydrogens (tertiary/aromatic N) is 3. The summed E-state index contributed by atoms with van der Waals surface area (Å²) in [5, 5.41) is 3.15. The molecule has 1 aromatic heterocycles. The molecule has 0 aliphatic heterocycles. The lowest BCUT2D eigenvalue weighted by Crippen LogP contribution is -2.28. The van der Waals surface area contributed by atoms with Gasteiger partial charge < -0.3 is 15.0 Å². The average molecular weight is 409 g/mol. The molecule has 0 fully saturated rings. The van der Waals surface area contributed by atoms with E-state index in [1.54, 1.807) is 0 Å². The molecular weight excluding hydrogens is 372 g/mol. The summed E-state index contributed by atoms with van der Waals surface area (Å²) in [6, 6.07) is 14.5. The molecular formula is C25H36N4O. The molecule has 0 aliphatic carbocycles. The summed E-state index contributed by atoms with van der Waals surface area (Å²) in [4.78, 5) is 7.17. The Labute approximate surface area is 181 Å². The number of hydrogen-bond acceptors (Lipinski definition) is 4. The van der Waals surface area contributed by atoms with E-state index in [1.807, 2.05) is 19.4 Å². The molecule has 0 unspecified atom stereocenters. The van der Waals surface area contributed by atoms with Gasteiger partial charge in [0, 0.05) is 31.0 Å². The molecule has 0 atom stereocenters. The third kappa shape index (κ3) is 5.99. The van der Waals surface area contributed by atoms with E-state index < -0.39 is 0 Å². The van der Waals surface area contributed by atoms with Crippen molar-refractivity contribution in [2.45, 2.75) is 46.0 Å². The van der Waals surface area contributed by atoms with Crippen LogP contribution in [-0.2, 0) is 0 Å². The maximum absolute atomic E-state index is 6.03. The van der Waals surface area contributed by atoms with Crippen molar-refractivity contribution in [3.05, 3.63) is 48.8 Å². The molecule has 1 N–H and O–H groups in total. The van der Waals surface area contributed by atoms with Crippen molar-refractivity contribution in [2.24, 2.45) is 0 Å². The van der Waals surface area contributed by atoms with Gasteiger partial charge in [0.2, 0.25) is 0 Å². The highest BCUT2D eigenvalue weighted by Crippen LogP contribution is 2.23. The van der Waals surface area contributed by atoms with Crippen LogP contribution in [0.2, 0.25) is 0 Å². The molecule has 0 radical (unpaired) electrons. The summed E-state index contributed by atoms with van der Waals surface area (Å²) in [6.07, 6.45) is 8.00. The molecule has 3 rings (SSSR count). The van der Waals surface area contributed by atoms with Crippen LogP contribution in [0.4, 0.5) is 5.69 Å². The second-order valence-electron chi connectivity index (χ2n) is 7.81. The molecule has 5 nitrogen and oxygen atoms in total. The van der Waals surface area contributed by atoms with Crippen molar-refractivity contribution in [1.29, 1.82) is 0 Å². The Balaban J connectivity index is 1.56. The van der Waals surface area contributed by atoms with Crippen molar-refractivity contribution in [3.8, 4) is 11.4 Å². The van der Waals surface area contributed by atoms with Crippen LogP contribution >= 0.6 is 0 Å². The number of hydrogen-bond donors (Lipinski definition) is 1. The van der Waals surface area contributed by atoms with Crippen LogP contribution in [0.25, 0.3) is 16.7 Å². The fourth-order valence-corrected chi connectivity index (χ4v) is 3.65. The minimum Gasteiger partial charge on any atom is -0.493 e. The van der Waals surface area contributed by atoms with Gasteiger partial charge in [0.25, 0.3) is 0 Å². The van der Waals surface area contributed by atoms with Crippen LogP contribution in [0.3, 0.4) is 0 Å². The lowest BCUT2D eigenvalue weighted by Gasteiger charge is -2.21. The first-order chi connectivity index (χ1) is 14.7.